The van der Waals surface area contributed by atoms with Gasteiger partial charge in [0.25, 0.3) is 0 Å². The van der Waals surface area contributed by atoms with Crippen LogP contribution in [0.5, 0.6) is 0 Å². The van der Waals surface area contributed by atoms with Crippen LogP contribution in [0.2, 0.25) is 0 Å². The highest BCUT2D eigenvalue weighted by Gasteiger charge is 2.11. The molecule has 0 unspecified atom stereocenters. The number of nitrogens with zero attached hydrogens (tertiary/aromatic N) is 4. The number of hydrogen-bond acceptors (Lipinski definition) is 4. The second-order valence-corrected chi connectivity index (χ2v) is 3.82. The van der Waals surface area contributed by atoms with Crippen LogP contribution >= 0.6 is 22.6 Å². The quantitative estimate of drug-likeness (QED) is 0.732. The third kappa shape index (κ3) is 1.25. The van der Waals surface area contributed by atoms with Gasteiger partial charge in [0.05, 0.1) is 0 Å². The highest BCUT2D eigenvalue weighted by molar-refractivity contribution is 14.1. The summed E-state index contributed by atoms with van der Waals surface area (Å²) >= 11 is 2.15. The summed E-state index contributed by atoms with van der Waals surface area (Å²) in [6.45, 7) is 3.75. The van der Waals surface area contributed by atoms with E-state index < -0.39 is 0 Å². The van der Waals surface area contributed by atoms with Crippen molar-refractivity contribution in [3.05, 3.63) is 15.1 Å². The Morgan fingerprint density at radius 3 is 2.69 bits per heavy atom. The minimum atomic E-state index is 0.486. The standard InChI is InChI=1S/C7H8IN5/c1-3-5-7(9)10-4(2)11-13(5)12-6(3)8/h1-2H3,(H2,9,10,11). The summed E-state index contributed by atoms with van der Waals surface area (Å²) in [5, 5.41) is 8.33. The Hall–Kier alpha value is -0.920. The first-order chi connectivity index (χ1) is 6.09. The number of halogens is 1. The Bertz CT molecular complexity index is 475. The minimum absolute atomic E-state index is 0.486. The van der Waals surface area contributed by atoms with Gasteiger partial charge in [0, 0.05) is 5.56 Å². The van der Waals surface area contributed by atoms with E-state index in [-0.39, 0.29) is 0 Å². The summed E-state index contributed by atoms with van der Waals surface area (Å²) in [5.74, 6) is 1.12. The number of hydrogen-bond donors (Lipinski definition) is 1. The second-order valence-electron chi connectivity index (χ2n) is 2.80. The number of nitrogens with two attached hydrogens (primary N) is 1. The van der Waals surface area contributed by atoms with E-state index in [9.17, 15) is 0 Å². The molecule has 2 N–H and O–H groups in total. The van der Waals surface area contributed by atoms with Crippen molar-refractivity contribution in [2.24, 2.45) is 0 Å². The molecule has 0 aliphatic rings. The van der Waals surface area contributed by atoms with E-state index in [1.165, 1.54) is 4.63 Å². The zero-order valence-electron chi connectivity index (χ0n) is 7.24. The van der Waals surface area contributed by atoms with Crippen LogP contribution in [-0.2, 0) is 0 Å². The van der Waals surface area contributed by atoms with E-state index in [0.717, 1.165) is 14.8 Å². The van der Waals surface area contributed by atoms with Crippen molar-refractivity contribution in [3.8, 4) is 0 Å². The summed E-state index contributed by atoms with van der Waals surface area (Å²) in [6, 6.07) is 0. The highest BCUT2D eigenvalue weighted by Crippen LogP contribution is 2.19. The molecule has 0 saturated heterocycles. The third-order valence-corrected chi connectivity index (χ3v) is 2.84. The van der Waals surface area contributed by atoms with Crippen LogP contribution in [0.1, 0.15) is 11.4 Å². The van der Waals surface area contributed by atoms with Gasteiger partial charge in [0.15, 0.2) is 5.82 Å². The van der Waals surface area contributed by atoms with Gasteiger partial charge in [-0.25, -0.2) is 4.98 Å². The summed E-state index contributed by atoms with van der Waals surface area (Å²) in [6.07, 6.45) is 0. The summed E-state index contributed by atoms with van der Waals surface area (Å²) in [7, 11) is 0. The molecule has 5 nitrogen and oxygen atoms in total. The molecular formula is C7H8IN5. The van der Waals surface area contributed by atoms with Gasteiger partial charge in [-0.3, -0.25) is 0 Å². The lowest BCUT2D eigenvalue weighted by Gasteiger charge is -1.98. The average molecular weight is 289 g/mol. The van der Waals surface area contributed by atoms with Gasteiger partial charge in [0.2, 0.25) is 0 Å². The molecule has 2 rings (SSSR count). The van der Waals surface area contributed by atoms with Crippen molar-refractivity contribution in [2.45, 2.75) is 13.8 Å². The fraction of sp³-hybridized carbons (Fsp3) is 0.286. The van der Waals surface area contributed by atoms with Crippen molar-refractivity contribution in [2.75, 3.05) is 5.73 Å². The Morgan fingerprint density at radius 1 is 1.31 bits per heavy atom. The van der Waals surface area contributed by atoms with E-state index in [1.807, 2.05) is 6.92 Å². The Morgan fingerprint density at radius 2 is 2.00 bits per heavy atom. The molecule has 0 aliphatic carbocycles. The largest absolute Gasteiger partial charge is 0.382 e. The first kappa shape index (κ1) is 8.67. The molecule has 0 aromatic carbocycles. The van der Waals surface area contributed by atoms with Gasteiger partial charge in [-0.05, 0) is 36.4 Å². The van der Waals surface area contributed by atoms with Crippen LogP contribution in [0, 0.1) is 17.5 Å². The summed E-state index contributed by atoms with van der Waals surface area (Å²) in [5.41, 5.74) is 7.58. The lowest BCUT2D eigenvalue weighted by molar-refractivity contribution is 0.752. The maximum Gasteiger partial charge on any atom is 0.153 e. The molecular weight excluding hydrogens is 281 g/mol. The van der Waals surface area contributed by atoms with Crippen LogP contribution in [0.4, 0.5) is 5.82 Å². The molecule has 0 amide bonds. The molecule has 0 saturated carbocycles. The van der Waals surface area contributed by atoms with Crippen molar-refractivity contribution >= 4 is 33.9 Å². The fourth-order valence-corrected chi connectivity index (χ4v) is 1.67. The van der Waals surface area contributed by atoms with E-state index in [1.54, 1.807) is 6.92 Å². The predicted molar refractivity (Wildman–Crippen MR) is 57.4 cm³/mol. The molecule has 0 radical (unpaired) electrons. The van der Waals surface area contributed by atoms with E-state index in [0.29, 0.717) is 11.6 Å². The van der Waals surface area contributed by atoms with Crippen molar-refractivity contribution in [1.82, 2.24) is 19.8 Å². The monoisotopic (exact) mass is 289 g/mol. The van der Waals surface area contributed by atoms with Crippen LogP contribution in [0.15, 0.2) is 0 Å². The molecule has 0 fully saturated rings. The SMILES string of the molecule is Cc1nc(N)c2c(C)c(I)nn2n1. The van der Waals surface area contributed by atoms with Crippen LogP contribution in [0.25, 0.3) is 5.52 Å². The lowest BCUT2D eigenvalue weighted by atomic mass is 10.3. The van der Waals surface area contributed by atoms with Crippen molar-refractivity contribution in [3.63, 3.8) is 0 Å². The Labute approximate surface area is 88.5 Å². The summed E-state index contributed by atoms with van der Waals surface area (Å²) < 4.78 is 2.44. The molecule has 2 aromatic heterocycles. The van der Waals surface area contributed by atoms with Gasteiger partial charge < -0.3 is 5.73 Å². The number of nitrogen functional groups attached to an aromatic ring is 1. The molecule has 0 bridgehead atoms. The number of aromatic nitrogens is 4. The predicted octanol–water partition coefficient (Wildman–Crippen LogP) is 0.928. The Balaban J connectivity index is 2.94. The van der Waals surface area contributed by atoms with Crippen LogP contribution in [0.3, 0.4) is 0 Å². The number of aryl methyl sites for hydroxylation is 2. The average Bonchev–Trinajstić information content (AvgIpc) is 2.27. The number of anilines is 1. The first-order valence-electron chi connectivity index (χ1n) is 3.75. The zero-order valence-corrected chi connectivity index (χ0v) is 9.40. The molecule has 0 spiro atoms. The normalized spacial score (nSPS) is 11.0. The molecule has 2 aromatic rings. The van der Waals surface area contributed by atoms with Gasteiger partial charge in [-0.1, -0.05) is 0 Å². The van der Waals surface area contributed by atoms with Gasteiger partial charge in [0.1, 0.15) is 15.0 Å². The number of rotatable bonds is 0. The highest BCUT2D eigenvalue weighted by atomic mass is 127. The Kier molecular flexibility index (Phi) is 1.86. The topological polar surface area (TPSA) is 69.1 Å². The first-order valence-corrected chi connectivity index (χ1v) is 4.82. The van der Waals surface area contributed by atoms with Crippen molar-refractivity contribution < 1.29 is 0 Å². The summed E-state index contributed by atoms with van der Waals surface area (Å²) in [4.78, 5) is 4.08. The minimum Gasteiger partial charge on any atom is -0.382 e. The maximum absolute atomic E-state index is 5.76. The molecule has 68 valence electrons. The van der Waals surface area contributed by atoms with E-state index in [4.69, 9.17) is 5.73 Å². The van der Waals surface area contributed by atoms with E-state index >= 15 is 0 Å². The zero-order chi connectivity index (χ0) is 9.59. The second kappa shape index (κ2) is 2.79. The van der Waals surface area contributed by atoms with Gasteiger partial charge in [-0.2, -0.15) is 0 Å². The fourth-order valence-electron chi connectivity index (χ4n) is 1.21. The van der Waals surface area contributed by atoms with E-state index in [2.05, 4.69) is 37.8 Å². The number of fused-ring (bicyclic) bond motifs is 1. The smallest absolute Gasteiger partial charge is 0.153 e. The molecule has 6 heteroatoms. The van der Waals surface area contributed by atoms with Gasteiger partial charge in [-0.15, -0.1) is 14.8 Å². The third-order valence-electron chi connectivity index (χ3n) is 1.81. The maximum atomic E-state index is 5.76. The van der Waals surface area contributed by atoms with Crippen LogP contribution < -0.4 is 5.73 Å². The van der Waals surface area contributed by atoms with Crippen LogP contribution in [-0.4, -0.2) is 19.8 Å². The molecule has 0 aliphatic heterocycles. The molecule has 0 atom stereocenters. The van der Waals surface area contributed by atoms with Crippen molar-refractivity contribution in [1.29, 1.82) is 0 Å². The molecule has 2 heterocycles. The molecule has 13 heavy (non-hydrogen) atoms. The van der Waals surface area contributed by atoms with Gasteiger partial charge >= 0.3 is 0 Å². The lowest BCUT2D eigenvalue weighted by Crippen LogP contribution is -2.04.